The Morgan fingerprint density at radius 3 is 3.05 bits per heavy atom. The fourth-order valence-electron chi connectivity index (χ4n) is 3.35. The number of benzene rings is 1. The SMILES string of the molecule is NC(=O)c1cccc(NC2CCN3CCCC3C2)c1. The average Bonchev–Trinajstić information content (AvgIpc) is 2.86. The number of primary amides is 1. The zero-order valence-corrected chi connectivity index (χ0v) is 11.1. The number of hydrogen-bond donors (Lipinski definition) is 2. The van der Waals surface area contributed by atoms with E-state index in [4.69, 9.17) is 5.73 Å². The van der Waals surface area contributed by atoms with Gasteiger partial charge in [-0.25, -0.2) is 0 Å². The highest BCUT2D eigenvalue weighted by Gasteiger charge is 2.31. The third-order valence-corrected chi connectivity index (χ3v) is 4.34. The second kappa shape index (κ2) is 5.21. The van der Waals surface area contributed by atoms with Crippen molar-refractivity contribution >= 4 is 11.6 Å². The number of piperidine rings is 1. The average molecular weight is 259 g/mol. The number of anilines is 1. The molecule has 2 saturated heterocycles. The smallest absolute Gasteiger partial charge is 0.248 e. The maximum atomic E-state index is 11.2. The van der Waals surface area contributed by atoms with Crippen LogP contribution in [0.4, 0.5) is 5.69 Å². The third kappa shape index (κ3) is 2.73. The van der Waals surface area contributed by atoms with Crippen LogP contribution < -0.4 is 11.1 Å². The molecule has 1 amide bonds. The second-order valence-corrected chi connectivity index (χ2v) is 5.64. The first-order valence-corrected chi connectivity index (χ1v) is 7.13. The van der Waals surface area contributed by atoms with Gasteiger partial charge in [0.2, 0.25) is 5.91 Å². The number of nitrogens with two attached hydrogens (primary N) is 1. The summed E-state index contributed by atoms with van der Waals surface area (Å²) in [4.78, 5) is 13.8. The molecule has 1 aromatic carbocycles. The van der Waals surface area contributed by atoms with E-state index < -0.39 is 0 Å². The van der Waals surface area contributed by atoms with Crippen LogP contribution in [0.5, 0.6) is 0 Å². The molecule has 102 valence electrons. The van der Waals surface area contributed by atoms with E-state index in [9.17, 15) is 4.79 Å². The summed E-state index contributed by atoms with van der Waals surface area (Å²) in [6.45, 7) is 2.46. The molecule has 0 radical (unpaired) electrons. The topological polar surface area (TPSA) is 58.4 Å². The predicted octanol–water partition coefficient (Wildman–Crippen LogP) is 1.82. The molecule has 0 saturated carbocycles. The van der Waals surface area contributed by atoms with Crippen molar-refractivity contribution in [1.82, 2.24) is 4.90 Å². The number of nitrogens with one attached hydrogen (secondary N) is 1. The molecule has 3 N–H and O–H groups in total. The van der Waals surface area contributed by atoms with Crippen molar-refractivity contribution in [2.75, 3.05) is 18.4 Å². The Morgan fingerprint density at radius 1 is 1.32 bits per heavy atom. The molecule has 0 bridgehead atoms. The second-order valence-electron chi connectivity index (χ2n) is 5.64. The van der Waals surface area contributed by atoms with E-state index in [1.165, 1.54) is 38.8 Å². The summed E-state index contributed by atoms with van der Waals surface area (Å²) < 4.78 is 0. The van der Waals surface area contributed by atoms with Crippen LogP contribution in [0.15, 0.2) is 24.3 Å². The van der Waals surface area contributed by atoms with Gasteiger partial charge in [-0.15, -0.1) is 0 Å². The number of carbonyl (C=O) groups is 1. The Bertz CT molecular complexity index is 474. The van der Waals surface area contributed by atoms with Gasteiger partial charge in [0.25, 0.3) is 0 Å². The lowest BCUT2D eigenvalue weighted by Gasteiger charge is -2.35. The van der Waals surface area contributed by atoms with Crippen LogP contribution in [0.25, 0.3) is 0 Å². The van der Waals surface area contributed by atoms with Gasteiger partial charge in [0.15, 0.2) is 0 Å². The van der Waals surface area contributed by atoms with Crippen LogP contribution in [-0.4, -0.2) is 36.0 Å². The molecule has 0 aromatic heterocycles. The van der Waals surface area contributed by atoms with Crippen LogP contribution in [-0.2, 0) is 0 Å². The lowest BCUT2D eigenvalue weighted by Crippen LogP contribution is -2.42. The van der Waals surface area contributed by atoms with Crippen molar-refractivity contribution in [1.29, 1.82) is 0 Å². The van der Waals surface area contributed by atoms with Gasteiger partial charge in [-0.2, -0.15) is 0 Å². The fourth-order valence-corrected chi connectivity index (χ4v) is 3.35. The largest absolute Gasteiger partial charge is 0.382 e. The first kappa shape index (κ1) is 12.5. The molecule has 3 rings (SSSR count). The van der Waals surface area contributed by atoms with Crippen molar-refractivity contribution < 1.29 is 4.79 Å². The van der Waals surface area contributed by atoms with Gasteiger partial charge in [0.05, 0.1) is 0 Å². The minimum Gasteiger partial charge on any atom is -0.382 e. The Hall–Kier alpha value is -1.55. The van der Waals surface area contributed by atoms with E-state index in [2.05, 4.69) is 10.2 Å². The molecule has 2 heterocycles. The molecule has 0 spiro atoms. The van der Waals surface area contributed by atoms with Crippen LogP contribution in [0.2, 0.25) is 0 Å². The molecule has 2 fully saturated rings. The summed E-state index contributed by atoms with van der Waals surface area (Å²) in [6.07, 6.45) is 5.06. The molecule has 2 aliphatic rings. The van der Waals surface area contributed by atoms with Gasteiger partial charge in [-0.3, -0.25) is 4.79 Å². The number of nitrogens with zero attached hydrogens (tertiary/aromatic N) is 1. The summed E-state index contributed by atoms with van der Waals surface area (Å²) in [5, 5.41) is 3.55. The van der Waals surface area contributed by atoms with E-state index in [1.54, 1.807) is 6.07 Å². The quantitative estimate of drug-likeness (QED) is 0.870. The van der Waals surface area contributed by atoms with E-state index in [0.29, 0.717) is 11.6 Å². The third-order valence-electron chi connectivity index (χ3n) is 4.34. The lowest BCUT2D eigenvalue weighted by atomic mass is 9.97. The number of carbonyl (C=O) groups excluding carboxylic acids is 1. The van der Waals surface area contributed by atoms with Gasteiger partial charge in [0, 0.05) is 29.9 Å². The fraction of sp³-hybridized carbons (Fsp3) is 0.533. The van der Waals surface area contributed by atoms with Crippen LogP contribution in [0, 0.1) is 0 Å². The van der Waals surface area contributed by atoms with Gasteiger partial charge in [0.1, 0.15) is 0 Å². The minimum absolute atomic E-state index is 0.366. The molecule has 4 nitrogen and oxygen atoms in total. The highest BCUT2D eigenvalue weighted by molar-refractivity contribution is 5.93. The van der Waals surface area contributed by atoms with E-state index >= 15 is 0 Å². The van der Waals surface area contributed by atoms with Crippen LogP contribution in [0.1, 0.15) is 36.0 Å². The molecule has 0 aliphatic carbocycles. The zero-order valence-electron chi connectivity index (χ0n) is 11.1. The maximum absolute atomic E-state index is 11.2. The normalized spacial score (nSPS) is 26.9. The minimum atomic E-state index is -0.366. The number of amides is 1. The van der Waals surface area contributed by atoms with E-state index in [0.717, 1.165) is 11.7 Å². The van der Waals surface area contributed by atoms with Crippen molar-refractivity contribution in [3.8, 4) is 0 Å². The maximum Gasteiger partial charge on any atom is 0.248 e. The Balaban J connectivity index is 1.65. The Kier molecular flexibility index (Phi) is 3.42. The molecule has 4 heteroatoms. The molecular weight excluding hydrogens is 238 g/mol. The molecule has 2 aliphatic heterocycles. The predicted molar refractivity (Wildman–Crippen MR) is 76.2 cm³/mol. The summed E-state index contributed by atoms with van der Waals surface area (Å²) >= 11 is 0. The Morgan fingerprint density at radius 2 is 2.21 bits per heavy atom. The van der Waals surface area contributed by atoms with Crippen molar-refractivity contribution in [2.24, 2.45) is 5.73 Å². The van der Waals surface area contributed by atoms with Crippen molar-refractivity contribution in [2.45, 2.75) is 37.8 Å². The summed E-state index contributed by atoms with van der Waals surface area (Å²) in [5.74, 6) is -0.366. The van der Waals surface area contributed by atoms with Crippen molar-refractivity contribution in [3.05, 3.63) is 29.8 Å². The van der Waals surface area contributed by atoms with Crippen molar-refractivity contribution in [3.63, 3.8) is 0 Å². The first-order valence-electron chi connectivity index (χ1n) is 7.13. The van der Waals surface area contributed by atoms with Gasteiger partial charge >= 0.3 is 0 Å². The highest BCUT2D eigenvalue weighted by atomic mass is 16.1. The molecular formula is C15H21N3O. The van der Waals surface area contributed by atoms with Gasteiger partial charge in [-0.05, 0) is 50.4 Å². The van der Waals surface area contributed by atoms with E-state index in [1.807, 2.05) is 18.2 Å². The summed E-state index contributed by atoms with van der Waals surface area (Å²) in [6, 6.07) is 8.77. The van der Waals surface area contributed by atoms with Crippen LogP contribution >= 0.6 is 0 Å². The summed E-state index contributed by atoms with van der Waals surface area (Å²) in [7, 11) is 0. The zero-order chi connectivity index (χ0) is 13.2. The number of rotatable bonds is 3. The molecule has 1 aromatic rings. The van der Waals surface area contributed by atoms with Crippen LogP contribution in [0.3, 0.4) is 0 Å². The Labute approximate surface area is 114 Å². The van der Waals surface area contributed by atoms with Gasteiger partial charge < -0.3 is 16.0 Å². The highest BCUT2D eigenvalue weighted by Crippen LogP contribution is 2.28. The van der Waals surface area contributed by atoms with E-state index in [-0.39, 0.29) is 5.91 Å². The molecule has 2 unspecified atom stereocenters. The molecule has 19 heavy (non-hydrogen) atoms. The molecule has 2 atom stereocenters. The first-order chi connectivity index (χ1) is 9.22. The summed E-state index contributed by atoms with van der Waals surface area (Å²) in [5.41, 5.74) is 6.89. The standard InChI is InChI=1S/C15H21N3O/c16-15(19)11-3-1-4-12(9-11)17-13-6-8-18-7-2-5-14(18)10-13/h1,3-4,9,13-14,17H,2,5-8,10H2,(H2,16,19). The number of fused-ring (bicyclic) bond motifs is 1. The van der Waals surface area contributed by atoms with Gasteiger partial charge in [-0.1, -0.05) is 6.07 Å². The monoisotopic (exact) mass is 259 g/mol. The number of hydrogen-bond acceptors (Lipinski definition) is 3. The lowest BCUT2D eigenvalue weighted by molar-refractivity contribution is 0.100.